The van der Waals surface area contributed by atoms with Gasteiger partial charge in [0.25, 0.3) is 0 Å². The van der Waals surface area contributed by atoms with Gasteiger partial charge in [-0.1, -0.05) is 24.1 Å². The smallest absolute Gasteiger partial charge is 0.126 e. The second-order valence-electron chi connectivity index (χ2n) is 2.24. The minimum Gasteiger partial charge on any atom is -0.496 e. The summed E-state index contributed by atoms with van der Waals surface area (Å²) >= 11 is 0. The van der Waals surface area contributed by atoms with E-state index >= 15 is 0 Å². The van der Waals surface area contributed by atoms with E-state index in [1.807, 2.05) is 30.3 Å². The number of ether oxygens (including phenoxy) is 1. The Hall–Kier alpha value is -1.68. The molecule has 0 heterocycles. The highest BCUT2D eigenvalue weighted by atomic mass is 16.5. The third-order valence-corrected chi connectivity index (χ3v) is 1.50. The van der Waals surface area contributed by atoms with Gasteiger partial charge >= 0.3 is 0 Å². The normalized spacial score (nSPS) is 9.67. The molecule has 0 aliphatic carbocycles. The summed E-state index contributed by atoms with van der Waals surface area (Å²) in [6, 6.07) is 7.72. The van der Waals surface area contributed by atoms with Crippen LogP contribution in [-0.4, -0.2) is 7.11 Å². The molecule has 0 saturated carbocycles. The zero-order chi connectivity index (χ0) is 8.81. The fourth-order valence-corrected chi connectivity index (χ4v) is 0.942. The highest BCUT2D eigenvalue weighted by molar-refractivity contribution is 5.59. The molecule has 1 aromatic carbocycles. The summed E-state index contributed by atoms with van der Waals surface area (Å²) in [4.78, 5) is 0. The van der Waals surface area contributed by atoms with Gasteiger partial charge in [0.1, 0.15) is 5.75 Å². The van der Waals surface area contributed by atoms with Crippen molar-refractivity contribution in [3.63, 3.8) is 0 Å². The summed E-state index contributed by atoms with van der Waals surface area (Å²) in [6.07, 6.45) is 8.59. The van der Waals surface area contributed by atoms with Crippen LogP contribution < -0.4 is 4.74 Å². The third-order valence-electron chi connectivity index (χ3n) is 1.50. The standard InChI is InChI=1S/C11H10O/c1-3-4-7-10-8-5-6-9-11(10)12-2/h1,4-9H,2H3/b7-4+. The van der Waals surface area contributed by atoms with Crippen LogP contribution in [-0.2, 0) is 0 Å². The van der Waals surface area contributed by atoms with Crippen molar-refractivity contribution >= 4 is 6.08 Å². The molecule has 1 rings (SSSR count). The Balaban J connectivity index is 2.99. The lowest BCUT2D eigenvalue weighted by atomic mass is 10.2. The Morgan fingerprint density at radius 3 is 2.83 bits per heavy atom. The van der Waals surface area contributed by atoms with Gasteiger partial charge in [-0.25, -0.2) is 0 Å². The SMILES string of the molecule is C#C/C=C/c1ccccc1OC. The van der Waals surface area contributed by atoms with Gasteiger partial charge in [0, 0.05) is 5.56 Å². The van der Waals surface area contributed by atoms with E-state index in [9.17, 15) is 0 Å². The Bertz CT molecular complexity index is 318. The van der Waals surface area contributed by atoms with E-state index in [1.54, 1.807) is 13.2 Å². The Morgan fingerprint density at radius 2 is 2.17 bits per heavy atom. The first kappa shape index (κ1) is 8.42. The Labute approximate surface area is 72.7 Å². The topological polar surface area (TPSA) is 9.23 Å². The number of methoxy groups -OCH3 is 1. The zero-order valence-corrected chi connectivity index (χ0v) is 6.95. The van der Waals surface area contributed by atoms with Crippen LogP contribution in [0.15, 0.2) is 30.3 Å². The summed E-state index contributed by atoms with van der Waals surface area (Å²) in [6.45, 7) is 0. The van der Waals surface area contributed by atoms with Crippen molar-refractivity contribution in [1.29, 1.82) is 0 Å². The molecule has 0 spiro atoms. The lowest BCUT2D eigenvalue weighted by Crippen LogP contribution is -1.84. The first-order valence-electron chi connectivity index (χ1n) is 3.64. The quantitative estimate of drug-likeness (QED) is 0.600. The van der Waals surface area contributed by atoms with Crippen molar-refractivity contribution in [2.45, 2.75) is 0 Å². The maximum atomic E-state index is 5.12. The molecule has 0 aliphatic rings. The minimum absolute atomic E-state index is 0.837. The molecule has 1 heteroatoms. The molecule has 12 heavy (non-hydrogen) atoms. The molecule has 60 valence electrons. The number of terminal acetylenes is 1. The van der Waals surface area contributed by atoms with Gasteiger partial charge in [-0.3, -0.25) is 0 Å². The third kappa shape index (κ3) is 1.90. The molecule has 0 amide bonds. The van der Waals surface area contributed by atoms with Gasteiger partial charge in [0.2, 0.25) is 0 Å². The summed E-state index contributed by atoms with van der Waals surface area (Å²) in [7, 11) is 1.64. The minimum atomic E-state index is 0.837. The highest BCUT2D eigenvalue weighted by Gasteiger charge is 1.94. The average Bonchev–Trinajstić information content (AvgIpc) is 2.15. The monoisotopic (exact) mass is 158 g/mol. The molecule has 0 radical (unpaired) electrons. The lowest BCUT2D eigenvalue weighted by Gasteiger charge is -2.02. The van der Waals surface area contributed by atoms with E-state index in [4.69, 9.17) is 11.2 Å². The molecule has 0 bridgehead atoms. The number of para-hydroxylation sites is 1. The molecular formula is C11H10O. The molecule has 0 aliphatic heterocycles. The maximum absolute atomic E-state index is 5.12. The van der Waals surface area contributed by atoms with Crippen LogP contribution in [0.1, 0.15) is 5.56 Å². The molecule has 0 saturated heterocycles. The summed E-state index contributed by atoms with van der Waals surface area (Å²) < 4.78 is 5.12. The fraction of sp³-hybridized carbons (Fsp3) is 0.0909. The van der Waals surface area contributed by atoms with E-state index in [0.29, 0.717) is 0 Å². The zero-order valence-electron chi connectivity index (χ0n) is 6.95. The molecule has 0 N–H and O–H groups in total. The van der Waals surface area contributed by atoms with Crippen molar-refractivity contribution in [2.24, 2.45) is 0 Å². The first-order valence-corrected chi connectivity index (χ1v) is 3.64. The fourth-order valence-electron chi connectivity index (χ4n) is 0.942. The first-order chi connectivity index (χ1) is 5.88. The van der Waals surface area contributed by atoms with E-state index in [1.165, 1.54) is 0 Å². The Kier molecular flexibility index (Phi) is 2.98. The van der Waals surface area contributed by atoms with Crippen molar-refractivity contribution in [2.75, 3.05) is 7.11 Å². The summed E-state index contributed by atoms with van der Waals surface area (Å²) in [5.74, 6) is 3.27. The Morgan fingerprint density at radius 1 is 1.42 bits per heavy atom. The molecule has 1 aromatic rings. The lowest BCUT2D eigenvalue weighted by molar-refractivity contribution is 0.414. The van der Waals surface area contributed by atoms with Crippen molar-refractivity contribution in [3.8, 4) is 18.1 Å². The van der Waals surface area contributed by atoms with Crippen LogP contribution in [0, 0.1) is 12.3 Å². The summed E-state index contributed by atoms with van der Waals surface area (Å²) in [5, 5.41) is 0. The number of benzene rings is 1. The maximum Gasteiger partial charge on any atom is 0.126 e. The number of hydrogen-bond donors (Lipinski definition) is 0. The number of allylic oxidation sites excluding steroid dienone is 1. The van der Waals surface area contributed by atoms with Gasteiger partial charge in [-0.15, -0.1) is 6.42 Å². The van der Waals surface area contributed by atoms with Crippen LogP contribution in [0.4, 0.5) is 0 Å². The molecule has 0 unspecified atom stereocenters. The van der Waals surface area contributed by atoms with E-state index in [0.717, 1.165) is 11.3 Å². The van der Waals surface area contributed by atoms with Crippen LogP contribution >= 0.6 is 0 Å². The second-order valence-corrected chi connectivity index (χ2v) is 2.24. The van der Waals surface area contributed by atoms with Gasteiger partial charge in [0.15, 0.2) is 0 Å². The van der Waals surface area contributed by atoms with E-state index in [-0.39, 0.29) is 0 Å². The molecule has 1 nitrogen and oxygen atoms in total. The van der Waals surface area contributed by atoms with Gasteiger partial charge < -0.3 is 4.74 Å². The summed E-state index contributed by atoms with van der Waals surface area (Å²) in [5.41, 5.74) is 0.998. The predicted molar refractivity (Wildman–Crippen MR) is 50.9 cm³/mol. The van der Waals surface area contributed by atoms with Crippen molar-refractivity contribution in [3.05, 3.63) is 35.9 Å². The van der Waals surface area contributed by atoms with Crippen LogP contribution in [0.25, 0.3) is 6.08 Å². The average molecular weight is 158 g/mol. The van der Waals surface area contributed by atoms with Gasteiger partial charge in [-0.2, -0.15) is 0 Å². The highest BCUT2D eigenvalue weighted by Crippen LogP contribution is 2.18. The van der Waals surface area contributed by atoms with E-state index < -0.39 is 0 Å². The van der Waals surface area contributed by atoms with Crippen LogP contribution in [0.5, 0.6) is 5.75 Å². The van der Waals surface area contributed by atoms with Gasteiger partial charge in [-0.05, 0) is 18.2 Å². The number of hydrogen-bond acceptors (Lipinski definition) is 1. The molecule has 0 aromatic heterocycles. The van der Waals surface area contributed by atoms with Crippen LogP contribution in [0.3, 0.4) is 0 Å². The second kappa shape index (κ2) is 4.25. The van der Waals surface area contributed by atoms with E-state index in [2.05, 4.69) is 5.92 Å². The van der Waals surface area contributed by atoms with Crippen LogP contribution in [0.2, 0.25) is 0 Å². The van der Waals surface area contributed by atoms with Crippen molar-refractivity contribution < 1.29 is 4.74 Å². The molecule has 0 fully saturated rings. The largest absolute Gasteiger partial charge is 0.496 e. The molecular weight excluding hydrogens is 148 g/mol. The van der Waals surface area contributed by atoms with Crippen molar-refractivity contribution in [1.82, 2.24) is 0 Å². The molecule has 0 atom stereocenters. The predicted octanol–water partition coefficient (Wildman–Crippen LogP) is 2.34. The number of rotatable bonds is 2. The van der Waals surface area contributed by atoms with Gasteiger partial charge in [0.05, 0.1) is 7.11 Å².